The molecule has 0 unspecified atom stereocenters. The Morgan fingerprint density at radius 2 is 1.95 bits per heavy atom. The molecule has 0 aliphatic carbocycles. The highest BCUT2D eigenvalue weighted by molar-refractivity contribution is 5.46. The van der Waals surface area contributed by atoms with Crippen molar-refractivity contribution < 1.29 is 4.39 Å². The van der Waals surface area contributed by atoms with E-state index >= 15 is 0 Å². The smallest absolute Gasteiger partial charge is 0.125 e. The van der Waals surface area contributed by atoms with Crippen LogP contribution >= 0.6 is 0 Å². The number of aromatic nitrogens is 3. The van der Waals surface area contributed by atoms with Crippen molar-refractivity contribution in [1.29, 1.82) is 0 Å². The summed E-state index contributed by atoms with van der Waals surface area (Å²) in [5, 5.41) is 11.8. The lowest BCUT2D eigenvalue weighted by Gasteiger charge is -2.05. The first-order valence-electron chi connectivity index (χ1n) is 6.68. The van der Waals surface area contributed by atoms with Gasteiger partial charge < -0.3 is 5.32 Å². The van der Waals surface area contributed by atoms with Crippen LogP contribution in [0.4, 0.5) is 10.1 Å². The third-order valence-electron chi connectivity index (χ3n) is 3.04. The number of hydrogen-bond donors (Lipinski definition) is 1. The predicted octanol–water partition coefficient (Wildman–Crippen LogP) is 3.33. The minimum Gasteiger partial charge on any atom is -0.379 e. The first-order chi connectivity index (χ1) is 10.2. The molecule has 0 saturated carbocycles. The maximum atomic E-state index is 13.3. The van der Waals surface area contributed by atoms with Crippen molar-refractivity contribution in [2.75, 3.05) is 5.32 Å². The second kappa shape index (κ2) is 5.75. The maximum Gasteiger partial charge on any atom is 0.125 e. The molecule has 1 aromatic heterocycles. The number of hydrogen-bond acceptors (Lipinski definition) is 3. The fourth-order valence-corrected chi connectivity index (χ4v) is 2.09. The quantitative estimate of drug-likeness (QED) is 0.798. The predicted molar refractivity (Wildman–Crippen MR) is 79.8 cm³/mol. The number of nitrogens with one attached hydrogen (secondary N) is 1. The minimum absolute atomic E-state index is 0.245. The van der Waals surface area contributed by atoms with E-state index in [1.165, 1.54) is 12.1 Å². The van der Waals surface area contributed by atoms with Gasteiger partial charge in [-0.3, -0.25) is 0 Å². The fourth-order valence-electron chi connectivity index (χ4n) is 2.09. The van der Waals surface area contributed by atoms with Crippen LogP contribution in [0.15, 0.2) is 54.7 Å². The average molecular weight is 282 g/mol. The summed E-state index contributed by atoms with van der Waals surface area (Å²) in [6.45, 7) is 2.36. The van der Waals surface area contributed by atoms with E-state index in [2.05, 4.69) is 15.5 Å². The highest BCUT2D eigenvalue weighted by Crippen LogP contribution is 2.14. The van der Waals surface area contributed by atoms with Gasteiger partial charge in [0.1, 0.15) is 11.5 Å². The van der Waals surface area contributed by atoms with Gasteiger partial charge in [0.15, 0.2) is 0 Å². The zero-order valence-electron chi connectivity index (χ0n) is 11.6. The van der Waals surface area contributed by atoms with Crippen molar-refractivity contribution in [1.82, 2.24) is 15.0 Å². The van der Waals surface area contributed by atoms with Crippen LogP contribution in [0.1, 0.15) is 11.3 Å². The van der Waals surface area contributed by atoms with Gasteiger partial charge in [0.2, 0.25) is 0 Å². The molecule has 0 radical (unpaired) electrons. The molecule has 5 heteroatoms. The zero-order chi connectivity index (χ0) is 14.7. The van der Waals surface area contributed by atoms with Gasteiger partial charge >= 0.3 is 0 Å². The van der Waals surface area contributed by atoms with E-state index < -0.39 is 0 Å². The molecule has 0 fully saturated rings. The van der Waals surface area contributed by atoms with Crippen LogP contribution in [0.3, 0.4) is 0 Å². The summed E-state index contributed by atoms with van der Waals surface area (Å²) in [6.07, 6.45) is 1.70. The number of rotatable bonds is 4. The van der Waals surface area contributed by atoms with Crippen LogP contribution in [0.2, 0.25) is 0 Å². The molecule has 21 heavy (non-hydrogen) atoms. The molecule has 1 heterocycles. The van der Waals surface area contributed by atoms with Crippen LogP contribution in [0, 0.1) is 12.7 Å². The molecule has 0 spiro atoms. The zero-order valence-corrected chi connectivity index (χ0v) is 11.6. The molecule has 0 bridgehead atoms. The lowest BCUT2D eigenvalue weighted by molar-refractivity contribution is 0.627. The number of aryl methyl sites for hydroxylation is 1. The lowest BCUT2D eigenvalue weighted by Crippen LogP contribution is -2.03. The fraction of sp³-hybridized carbons (Fsp3) is 0.125. The summed E-state index contributed by atoms with van der Waals surface area (Å²) in [5.74, 6) is -0.245. The van der Waals surface area contributed by atoms with Gasteiger partial charge in [-0.15, -0.1) is 0 Å². The summed E-state index contributed by atoms with van der Waals surface area (Å²) in [4.78, 5) is 1.58. The van der Waals surface area contributed by atoms with E-state index in [1.54, 1.807) is 11.0 Å². The minimum atomic E-state index is -0.245. The van der Waals surface area contributed by atoms with Crippen molar-refractivity contribution in [3.05, 3.63) is 71.8 Å². The van der Waals surface area contributed by atoms with E-state index in [0.29, 0.717) is 6.54 Å². The Labute approximate surface area is 122 Å². The van der Waals surface area contributed by atoms with Gasteiger partial charge in [0.05, 0.1) is 18.4 Å². The lowest BCUT2D eigenvalue weighted by atomic mass is 10.2. The molecule has 3 rings (SSSR count). The molecule has 1 N–H and O–H groups in total. The molecule has 2 aromatic carbocycles. The molecule has 0 aliphatic heterocycles. The second-order valence-electron chi connectivity index (χ2n) is 4.83. The highest BCUT2D eigenvalue weighted by atomic mass is 19.1. The van der Waals surface area contributed by atoms with E-state index in [1.807, 2.05) is 43.3 Å². The third kappa shape index (κ3) is 3.25. The first-order valence-corrected chi connectivity index (χ1v) is 6.68. The Morgan fingerprint density at radius 1 is 1.14 bits per heavy atom. The Hall–Kier alpha value is -2.69. The first kappa shape index (κ1) is 13.3. The second-order valence-corrected chi connectivity index (χ2v) is 4.83. The van der Waals surface area contributed by atoms with Gasteiger partial charge in [-0.25, -0.2) is 4.39 Å². The molecule has 0 saturated heterocycles. The van der Waals surface area contributed by atoms with Gasteiger partial charge in [-0.2, -0.15) is 15.0 Å². The molecule has 0 aliphatic rings. The molecule has 0 atom stereocenters. The Bertz CT molecular complexity index is 717. The summed E-state index contributed by atoms with van der Waals surface area (Å²) < 4.78 is 13.3. The van der Waals surface area contributed by atoms with Crippen LogP contribution < -0.4 is 5.32 Å². The van der Waals surface area contributed by atoms with E-state index in [-0.39, 0.29) is 5.82 Å². The molecule has 4 nitrogen and oxygen atoms in total. The topological polar surface area (TPSA) is 42.7 Å². The van der Waals surface area contributed by atoms with E-state index in [0.717, 1.165) is 22.6 Å². The van der Waals surface area contributed by atoms with Crippen LogP contribution in [-0.4, -0.2) is 15.0 Å². The summed E-state index contributed by atoms with van der Waals surface area (Å²) in [6, 6.07) is 14.6. The molecular formula is C16H15FN4. The van der Waals surface area contributed by atoms with Crippen LogP contribution in [-0.2, 0) is 6.54 Å². The van der Waals surface area contributed by atoms with Gasteiger partial charge in [-0.1, -0.05) is 18.2 Å². The van der Waals surface area contributed by atoms with Gasteiger partial charge in [0, 0.05) is 5.69 Å². The standard InChI is InChI=1S/C16H15FN4/c1-12-7-13(17)9-14(8-12)18-10-15-11-19-21(20-15)16-5-3-2-4-6-16/h2-9,11,18H,10H2,1H3. The Balaban J connectivity index is 1.70. The number of para-hydroxylation sites is 1. The average Bonchev–Trinajstić information content (AvgIpc) is 2.94. The SMILES string of the molecule is Cc1cc(F)cc(NCc2cnn(-c3ccccc3)n2)c1. The molecule has 3 aromatic rings. The highest BCUT2D eigenvalue weighted by Gasteiger charge is 2.03. The summed E-state index contributed by atoms with van der Waals surface area (Å²) in [7, 11) is 0. The van der Waals surface area contributed by atoms with Gasteiger partial charge in [-0.05, 0) is 42.8 Å². The largest absolute Gasteiger partial charge is 0.379 e. The van der Waals surface area contributed by atoms with Crippen molar-refractivity contribution >= 4 is 5.69 Å². The molecule has 106 valence electrons. The van der Waals surface area contributed by atoms with Crippen LogP contribution in [0.5, 0.6) is 0 Å². The van der Waals surface area contributed by atoms with Crippen molar-refractivity contribution in [3.8, 4) is 5.69 Å². The normalized spacial score (nSPS) is 10.6. The maximum absolute atomic E-state index is 13.3. The monoisotopic (exact) mass is 282 g/mol. The molecule has 0 amide bonds. The number of benzene rings is 2. The summed E-state index contributed by atoms with van der Waals surface area (Å²) in [5.41, 5.74) is 3.32. The van der Waals surface area contributed by atoms with Crippen molar-refractivity contribution in [2.24, 2.45) is 0 Å². The molecular weight excluding hydrogens is 267 g/mol. The number of nitrogens with zero attached hydrogens (tertiary/aromatic N) is 3. The number of halogens is 1. The van der Waals surface area contributed by atoms with Crippen molar-refractivity contribution in [3.63, 3.8) is 0 Å². The third-order valence-corrected chi connectivity index (χ3v) is 3.04. The summed E-state index contributed by atoms with van der Waals surface area (Å²) >= 11 is 0. The van der Waals surface area contributed by atoms with Crippen LogP contribution in [0.25, 0.3) is 5.69 Å². The Morgan fingerprint density at radius 3 is 2.71 bits per heavy atom. The van der Waals surface area contributed by atoms with E-state index in [9.17, 15) is 4.39 Å². The Kier molecular flexibility index (Phi) is 3.64. The number of anilines is 1. The van der Waals surface area contributed by atoms with Crippen molar-refractivity contribution in [2.45, 2.75) is 13.5 Å². The van der Waals surface area contributed by atoms with Gasteiger partial charge in [0.25, 0.3) is 0 Å². The van der Waals surface area contributed by atoms with E-state index in [4.69, 9.17) is 0 Å².